The molecule has 0 radical (unpaired) electrons. The minimum Gasteiger partial charge on any atom is -0.481 e. The Morgan fingerprint density at radius 3 is 2.80 bits per heavy atom. The minimum absolute atomic E-state index is 0.0150. The molecule has 15 heavy (non-hydrogen) atoms. The van der Waals surface area contributed by atoms with Crippen molar-refractivity contribution in [3.8, 4) is 0 Å². The van der Waals surface area contributed by atoms with Crippen LogP contribution in [0.4, 0.5) is 0 Å². The summed E-state index contributed by atoms with van der Waals surface area (Å²) in [7, 11) is 0. The van der Waals surface area contributed by atoms with Gasteiger partial charge in [-0.2, -0.15) is 0 Å². The van der Waals surface area contributed by atoms with Crippen molar-refractivity contribution in [3.63, 3.8) is 0 Å². The van der Waals surface area contributed by atoms with E-state index in [-0.39, 0.29) is 17.8 Å². The average molecular weight is 212 g/mol. The fraction of sp³-hybridized carbons (Fsp3) is 0.636. The highest BCUT2D eigenvalue weighted by molar-refractivity contribution is 5.82. The molecule has 2 unspecified atom stereocenters. The van der Waals surface area contributed by atoms with Gasteiger partial charge in [0.15, 0.2) is 0 Å². The topological polar surface area (TPSA) is 63.6 Å². The fourth-order valence-corrected chi connectivity index (χ4v) is 1.28. The van der Waals surface area contributed by atoms with Gasteiger partial charge in [-0.15, -0.1) is 0 Å². The first-order valence-corrected chi connectivity index (χ1v) is 5.23. The number of carbonyl (C=O) groups is 2. The highest BCUT2D eigenvalue weighted by atomic mass is 16.5. The molecule has 0 heterocycles. The summed E-state index contributed by atoms with van der Waals surface area (Å²) in [5.74, 6) is -1.45. The van der Waals surface area contributed by atoms with E-state index in [4.69, 9.17) is 9.84 Å². The van der Waals surface area contributed by atoms with E-state index in [1.165, 1.54) is 6.08 Å². The van der Waals surface area contributed by atoms with Crippen LogP contribution in [0.1, 0.15) is 26.2 Å². The van der Waals surface area contributed by atoms with Gasteiger partial charge in [0.1, 0.15) is 0 Å². The van der Waals surface area contributed by atoms with Crippen LogP contribution in [0.5, 0.6) is 0 Å². The molecule has 1 fully saturated rings. The Kier molecular flexibility index (Phi) is 4.34. The molecule has 1 rings (SSSR count). The van der Waals surface area contributed by atoms with Crippen LogP contribution in [0.25, 0.3) is 0 Å². The second kappa shape index (κ2) is 5.53. The van der Waals surface area contributed by atoms with Crippen LogP contribution >= 0.6 is 0 Å². The Bertz CT molecular complexity index is 270. The summed E-state index contributed by atoms with van der Waals surface area (Å²) < 4.78 is 4.88. The lowest BCUT2D eigenvalue weighted by atomic mass is 10.3. The predicted octanol–water partition coefficient (Wildman–Crippen LogP) is 1.61. The fourth-order valence-electron chi connectivity index (χ4n) is 1.28. The summed E-state index contributed by atoms with van der Waals surface area (Å²) in [5, 5.41) is 8.61. The van der Waals surface area contributed by atoms with E-state index in [0.29, 0.717) is 13.0 Å². The molecule has 1 aliphatic rings. The maximum Gasteiger partial charge on any atom is 0.330 e. The second-order valence-electron chi connectivity index (χ2n) is 3.72. The number of aliphatic carboxylic acids is 1. The molecule has 1 aliphatic carbocycles. The van der Waals surface area contributed by atoms with Gasteiger partial charge in [0.2, 0.25) is 0 Å². The molecular weight excluding hydrogens is 196 g/mol. The van der Waals surface area contributed by atoms with Crippen LogP contribution in [0.15, 0.2) is 12.2 Å². The summed E-state index contributed by atoms with van der Waals surface area (Å²) in [4.78, 5) is 21.5. The first-order chi connectivity index (χ1) is 7.15. The van der Waals surface area contributed by atoms with Crippen molar-refractivity contribution in [1.29, 1.82) is 0 Å². The third-order valence-corrected chi connectivity index (χ3v) is 2.38. The Morgan fingerprint density at radius 2 is 2.27 bits per heavy atom. The number of carboxylic acids is 1. The molecule has 4 nitrogen and oxygen atoms in total. The number of esters is 1. The zero-order valence-electron chi connectivity index (χ0n) is 8.81. The minimum atomic E-state index is -0.788. The zero-order chi connectivity index (χ0) is 11.3. The quantitative estimate of drug-likeness (QED) is 0.412. The summed E-state index contributed by atoms with van der Waals surface area (Å²) >= 11 is 0. The SMILES string of the molecule is CCCCOC(=O)C=CC1CC1C(=O)O. The van der Waals surface area contributed by atoms with Gasteiger partial charge < -0.3 is 9.84 Å². The van der Waals surface area contributed by atoms with E-state index in [9.17, 15) is 9.59 Å². The number of hydrogen-bond acceptors (Lipinski definition) is 3. The van der Waals surface area contributed by atoms with Crippen molar-refractivity contribution in [2.24, 2.45) is 11.8 Å². The van der Waals surface area contributed by atoms with Crippen molar-refractivity contribution in [2.45, 2.75) is 26.2 Å². The third kappa shape index (κ3) is 4.14. The van der Waals surface area contributed by atoms with Crippen molar-refractivity contribution in [2.75, 3.05) is 6.61 Å². The number of rotatable bonds is 6. The Labute approximate surface area is 88.9 Å². The highest BCUT2D eigenvalue weighted by Gasteiger charge is 2.41. The molecule has 0 saturated heterocycles. The molecule has 1 saturated carbocycles. The van der Waals surface area contributed by atoms with Crippen LogP contribution in [-0.2, 0) is 14.3 Å². The van der Waals surface area contributed by atoms with Gasteiger partial charge in [0.25, 0.3) is 0 Å². The van der Waals surface area contributed by atoms with Crippen LogP contribution in [0, 0.1) is 11.8 Å². The lowest BCUT2D eigenvalue weighted by Gasteiger charge is -1.98. The molecule has 0 aromatic carbocycles. The zero-order valence-corrected chi connectivity index (χ0v) is 8.81. The summed E-state index contributed by atoms with van der Waals surface area (Å²) in [6.45, 7) is 2.46. The van der Waals surface area contributed by atoms with E-state index in [1.54, 1.807) is 6.08 Å². The van der Waals surface area contributed by atoms with Crippen LogP contribution in [-0.4, -0.2) is 23.7 Å². The Balaban J connectivity index is 2.16. The van der Waals surface area contributed by atoms with Gasteiger partial charge in [0.05, 0.1) is 12.5 Å². The highest BCUT2D eigenvalue weighted by Crippen LogP contribution is 2.39. The van der Waals surface area contributed by atoms with Crippen molar-refractivity contribution in [3.05, 3.63) is 12.2 Å². The number of carboxylic acid groups (broad SMARTS) is 1. The molecule has 0 amide bonds. The van der Waals surface area contributed by atoms with Crippen molar-refractivity contribution in [1.82, 2.24) is 0 Å². The van der Waals surface area contributed by atoms with Crippen LogP contribution in [0.3, 0.4) is 0 Å². The van der Waals surface area contributed by atoms with E-state index in [1.807, 2.05) is 6.92 Å². The molecule has 0 bridgehead atoms. The maximum atomic E-state index is 11.1. The smallest absolute Gasteiger partial charge is 0.330 e. The number of carbonyl (C=O) groups excluding carboxylic acids is 1. The van der Waals surface area contributed by atoms with E-state index in [0.717, 1.165) is 12.8 Å². The van der Waals surface area contributed by atoms with Crippen molar-refractivity contribution < 1.29 is 19.4 Å². The first-order valence-electron chi connectivity index (χ1n) is 5.23. The monoisotopic (exact) mass is 212 g/mol. The molecule has 84 valence electrons. The largest absolute Gasteiger partial charge is 0.481 e. The third-order valence-electron chi connectivity index (χ3n) is 2.38. The summed E-state index contributed by atoms with van der Waals surface area (Å²) in [5.41, 5.74) is 0. The van der Waals surface area contributed by atoms with Gasteiger partial charge in [-0.25, -0.2) is 4.79 Å². The van der Waals surface area contributed by atoms with E-state index >= 15 is 0 Å². The van der Waals surface area contributed by atoms with Crippen LogP contribution in [0.2, 0.25) is 0 Å². The lowest BCUT2D eigenvalue weighted by molar-refractivity contribution is -0.139. The first kappa shape index (κ1) is 11.8. The van der Waals surface area contributed by atoms with Gasteiger partial charge >= 0.3 is 11.9 Å². The van der Waals surface area contributed by atoms with Gasteiger partial charge in [-0.1, -0.05) is 19.4 Å². The number of hydrogen-bond donors (Lipinski definition) is 1. The molecule has 4 heteroatoms. The average Bonchev–Trinajstić information content (AvgIpc) is 2.94. The Hall–Kier alpha value is -1.32. The predicted molar refractivity (Wildman–Crippen MR) is 54.2 cm³/mol. The van der Waals surface area contributed by atoms with Gasteiger partial charge in [-0.05, 0) is 18.8 Å². The summed E-state index contributed by atoms with van der Waals surface area (Å²) in [6.07, 6.45) is 5.45. The van der Waals surface area contributed by atoms with Crippen molar-refractivity contribution >= 4 is 11.9 Å². The number of ether oxygens (including phenoxy) is 1. The lowest BCUT2D eigenvalue weighted by Crippen LogP contribution is -2.02. The van der Waals surface area contributed by atoms with E-state index < -0.39 is 5.97 Å². The Morgan fingerprint density at radius 1 is 1.53 bits per heavy atom. The van der Waals surface area contributed by atoms with E-state index in [2.05, 4.69) is 0 Å². The molecule has 0 aromatic rings. The molecule has 0 aliphatic heterocycles. The standard InChI is InChI=1S/C11H16O4/c1-2-3-6-15-10(12)5-4-8-7-9(8)11(13)14/h4-5,8-9H,2-3,6-7H2,1H3,(H,13,14). The van der Waals surface area contributed by atoms with Crippen LogP contribution < -0.4 is 0 Å². The molecule has 2 atom stereocenters. The summed E-state index contributed by atoms with van der Waals surface area (Å²) in [6, 6.07) is 0. The van der Waals surface area contributed by atoms with Gasteiger partial charge in [-0.3, -0.25) is 4.79 Å². The maximum absolute atomic E-state index is 11.1. The number of allylic oxidation sites excluding steroid dienone is 1. The molecule has 1 N–H and O–H groups in total. The molecule has 0 spiro atoms. The molecule has 0 aromatic heterocycles. The normalized spacial score (nSPS) is 24.1. The number of unbranched alkanes of at least 4 members (excludes halogenated alkanes) is 1. The second-order valence-corrected chi connectivity index (χ2v) is 3.72. The van der Waals surface area contributed by atoms with Gasteiger partial charge in [0, 0.05) is 6.08 Å². The molecular formula is C11H16O4.